The largest absolute Gasteiger partial charge is 0.392 e. The Morgan fingerprint density at radius 3 is 2.91 bits per heavy atom. The number of likely N-dealkylation sites (N-methyl/N-ethyl adjacent to an activating group) is 1. The number of allylic oxidation sites excluding steroid dienone is 1. The SMILES string of the molecule is C/C=C1/CN2[C@H]3C[C@@]45c6ccccc6N(C)C4[C@@H]2C[C@@H]1C3C5O. The van der Waals surface area contributed by atoms with Gasteiger partial charge in [0.1, 0.15) is 0 Å². The van der Waals surface area contributed by atoms with Gasteiger partial charge in [-0.25, -0.2) is 0 Å². The van der Waals surface area contributed by atoms with Crippen molar-refractivity contribution in [1.29, 1.82) is 0 Å². The van der Waals surface area contributed by atoms with Crippen molar-refractivity contribution in [3.8, 4) is 0 Å². The number of para-hydroxylation sites is 1. The summed E-state index contributed by atoms with van der Waals surface area (Å²) in [6.45, 7) is 3.31. The van der Waals surface area contributed by atoms with Crippen molar-refractivity contribution >= 4 is 5.69 Å². The average Bonchev–Trinajstić information content (AvgIpc) is 2.98. The molecule has 1 aromatic carbocycles. The zero-order valence-corrected chi connectivity index (χ0v) is 13.8. The van der Waals surface area contributed by atoms with Crippen molar-refractivity contribution in [3.05, 3.63) is 41.5 Å². The van der Waals surface area contributed by atoms with Crippen LogP contribution < -0.4 is 4.90 Å². The molecule has 5 bridgehead atoms. The summed E-state index contributed by atoms with van der Waals surface area (Å²) in [4.78, 5) is 5.25. The maximum atomic E-state index is 11.6. The molecule has 3 heteroatoms. The summed E-state index contributed by atoms with van der Waals surface area (Å²) >= 11 is 0. The molecule has 0 amide bonds. The van der Waals surface area contributed by atoms with Gasteiger partial charge in [-0.15, -0.1) is 0 Å². The fraction of sp³-hybridized carbons (Fsp3) is 0.600. The van der Waals surface area contributed by atoms with E-state index in [1.165, 1.54) is 17.7 Å². The smallest absolute Gasteiger partial charge is 0.0707 e. The first-order valence-corrected chi connectivity index (χ1v) is 9.09. The Morgan fingerprint density at radius 2 is 2.09 bits per heavy atom. The highest BCUT2D eigenvalue weighted by Gasteiger charge is 2.74. The zero-order chi connectivity index (χ0) is 15.5. The van der Waals surface area contributed by atoms with Crippen LogP contribution in [0.4, 0.5) is 5.69 Å². The zero-order valence-electron chi connectivity index (χ0n) is 13.8. The summed E-state index contributed by atoms with van der Waals surface area (Å²) in [6, 6.07) is 10.5. The summed E-state index contributed by atoms with van der Waals surface area (Å²) in [5.41, 5.74) is 4.32. The maximum Gasteiger partial charge on any atom is 0.0707 e. The lowest BCUT2D eigenvalue weighted by Crippen LogP contribution is -2.68. The number of nitrogens with zero attached hydrogens (tertiary/aromatic N) is 2. The van der Waals surface area contributed by atoms with Gasteiger partial charge in [0.25, 0.3) is 0 Å². The number of benzene rings is 1. The third-order valence-electron chi connectivity index (χ3n) is 8.00. The molecule has 6 aliphatic rings. The van der Waals surface area contributed by atoms with Gasteiger partial charge in [-0.3, -0.25) is 4.90 Å². The first-order chi connectivity index (χ1) is 11.2. The Hall–Kier alpha value is -1.32. The number of anilines is 1. The molecule has 7 rings (SSSR count). The van der Waals surface area contributed by atoms with Crippen LogP contribution in [0, 0.1) is 11.8 Å². The van der Waals surface area contributed by atoms with Crippen LogP contribution >= 0.6 is 0 Å². The van der Waals surface area contributed by atoms with E-state index in [-0.39, 0.29) is 11.5 Å². The van der Waals surface area contributed by atoms with Gasteiger partial charge in [0.05, 0.1) is 12.1 Å². The van der Waals surface area contributed by atoms with Crippen molar-refractivity contribution in [1.82, 2.24) is 4.90 Å². The highest BCUT2D eigenvalue weighted by molar-refractivity contribution is 5.67. The van der Waals surface area contributed by atoms with Gasteiger partial charge in [0, 0.05) is 42.7 Å². The second-order valence-electron chi connectivity index (χ2n) is 8.35. The Labute approximate surface area is 137 Å². The Balaban J connectivity index is 1.62. The van der Waals surface area contributed by atoms with Crippen LogP contribution in [-0.4, -0.2) is 47.8 Å². The third-order valence-corrected chi connectivity index (χ3v) is 8.00. The lowest BCUT2D eigenvalue weighted by molar-refractivity contribution is -0.0345. The van der Waals surface area contributed by atoms with Gasteiger partial charge in [-0.05, 0) is 37.3 Å². The summed E-state index contributed by atoms with van der Waals surface area (Å²) < 4.78 is 0. The molecule has 5 heterocycles. The number of piperidine rings is 4. The Bertz CT molecular complexity index is 743. The minimum atomic E-state index is -0.196. The van der Waals surface area contributed by atoms with Crippen LogP contribution in [0.1, 0.15) is 25.3 Å². The molecule has 1 spiro atoms. The van der Waals surface area contributed by atoms with Gasteiger partial charge < -0.3 is 10.0 Å². The lowest BCUT2D eigenvalue weighted by Gasteiger charge is -2.58. The van der Waals surface area contributed by atoms with E-state index in [0.717, 1.165) is 13.0 Å². The Morgan fingerprint density at radius 1 is 1.26 bits per heavy atom. The first-order valence-electron chi connectivity index (χ1n) is 9.09. The molecule has 120 valence electrons. The van der Waals surface area contributed by atoms with Gasteiger partial charge in [0.2, 0.25) is 0 Å². The van der Waals surface area contributed by atoms with Crippen LogP contribution in [0.25, 0.3) is 0 Å². The summed E-state index contributed by atoms with van der Waals surface area (Å²) in [7, 11) is 2.25. The molecule has 8 atom stereocenters. The van der Waals surface area contributed by atoms with Gasteiger partial charge in [-0.2, -0.15) is 0 Å². The molecule has 0 radical (unpaired) electrons. The number of aliphatic hydroxyl groups is 1. The highest BCUT2D eigenvalue weighted by atomic mass is 16.3. The fourth-order valence-corrected chi connectivity index (χ4v) is 7.35. The standard InChI is InChI=1S/C20H24N2O/c1-3-11-10-22-15-8-12(11)17-16(22)9-20(19(17)23)13-6-4-5-7-14(13)21(2)18(15)20/h3-7,12,15-19,23H,8-10H2,1-2H3/b11-3-/t12-,15-,16-,17?,18?,19?,20+/m0/s1. The predicted octanol–water partition coefficient (Wildman–Crippen LogP) is 2.16. The molecular formula is C20H24N2O. The topological polar surface area (TPSA) is 26.7 Å². The van der Waals surface area contributed by atoms with E-state index >= 15 is 0 Å². The van der Waals surface area contributed by atoms with E-state index < -0.39 is 0 Å². The monoisotopic (exact) mass is 308 g/mol. The van der Waals surface area contributed by atoms with Crippen LogP contribution in [0.3, 0.4) is 0 Å². The van der Waals surface area contributed by atoms with Gasteiger partial charge in [0.15, 0.2) is 0 Å². The number of aliphatic hydroxyl groups excluding tert-OH is 1. The van der Waals surface area contributed by atoms with Gasteiger partial charge in [-0.1, -0.05) is 29.8 Å². The predicted molar refractivity (Wildman–Crippen MR) is 90.6 cm³/mol. The van der Waals surface area contributed by atoms with E-state index in [9.17, 15) is 5.11 Å². The van der Waals surface area contributed by atoms with Crippen molar-refractivity contribution in [2.45, 2.75) is 49.4 Å². The molecule has 3 nitrogen and oxygen atoms in total. The second kappa shape index (κ2) is 3.84. The molecule has 1 N–H and O–H groups in total. The van der Waals surface area contributed by atoms with E-state index in [2.05, 4.69) is 54.1 Å². The molecule has 1 aromatic rings. The Kier molecular flexibility index (Phi) is 2.17. The molecule has 4 saturated heterocycles. The second-order valence-corrected chi connectivity index (χ2v) is 8.35. The van der Waals surface area contributed by atoms with Crippen molar-refractivity contribution in [3.63, 3.8) is 0 Å². The van der Waals surface area contributed by atoms with E-state index in [4.69, 9.17) is 0 Å². The average molecular weight is 308 g/mol. The summed E-state index contributed by atoms with van der Waals surface area (Å²) in [5.74, 6) is 1.05. The van der Waals surface area contributed by atoms with E-state index in [1.807, 2.05) is 0 Å². The maximum absolute atomic E-state index is 11.6. The van der Waals surface area contributed by atoms with Crippen LogP contribution in [0.2, 0.25) is 0 Å². The fourth-order valence-electron chi connectivity index (χ4n) is 7.35. The van der Waals surface area contributed by atoms with Crippen LogP contribution in [0.15, 0.2) is 35.9 Å². The van der Waals surface area contributed by atoms with Crippen molar-refractivity contribution in [2.24, 2.45) is 11.8 Å². The third kappa shape index (κ3) is 1.17. The number of fused-ring (bicyclic) bond motifs is 2. The quantitative estimate of drug-likeness (QED) is 0.744. The number of hydrogen-bond acceptors (Lipinski definition) is 3. The number of rotatable bonds is 0. The minimum Gasteiger partial charge on any atom is -0.392 e. The molecule has 5 aliphatic heterocycles. The van der Waals surface area contributed by atoms with Gasteiger partial charge >= 0.3 is 0 Å². The van der Waals surface area contributed by atoms with Crippen LogP contribution in [0.5, 0.6) is 0 Å². The van der Waals surface area contributed by atoms with E-state index in [0.29, 0.717) is 30.0 Å². The molecule has 1 aliphatic carbocycles. The normalized spacial score (nSPS) is 53.1. The lowest BCUT2D eigenvalue weighted by atomic mass is 9.65. The van der Waals surface area contributed by atoms with Crippen molar-refractivity contribution < 1.29 is 5.11 Å². The van der Waals surface area contributed by atoms with Crippen LogP contribution in [-0.2, 0) is 5.41 Å². The molecule has 5 fully saturated rings. The minimum absolute atomic E-state index is 0.0280. The first kappa shape index (κ1) is 13.0. The molecular weight excluding hydrogens is 284 g/mol. The summed E-state index contributed by atoms with van der Waals surface area (Å²) in [5, 5.41) is 11.6. The number of hydrogen-bond donors (Lipinski definition) is 1. The molecule has 23 heavy (non-hydrogen) atoms. The molecule has 1 saturated carbocycles. The van der Waals surface area contributed by atoms with E-state index in [1.54, 1.807) is 5.57 Å². The summed E-state index contributed by atoms with van der Waals surface area (Å²) in [6.07, 6.45) is 4.51. The molecule has 4 unspecified atom stereocenters. The highest BCUT2D eigenvalue weighted by Crippen LogP contribution is 2.67. The molecule has 0 aromatic heterocycles. The van der Waals surface area contributed by atoms with Crippen molar-refractivity contribution in [2.75, 3.05) is 18.5 Å².